The molecule has 1 aliphatic carbocycles. The van der Waals surface area contributed by atoms with Crippen molar-refractivity contribution < 1.29 is 17.6 Å². The van der Waals surface area contributed by atoms with Crippen LogP contribution in [0.1, 0.15) is 74.8 Å². The van der Waals surface area contributed by atoms with Gasteiger partial charge >= 0.3 is 0 Å². The molecule has 2 heterocycles. The molecule has 2 aromatic carbocycles. The van der Waals surface area contributed by atoms with Gasteiger partial charge < -0.3 is 9.16 Å². The first-order valence-corrected chi connectivity index (χ1v) is 19.2. The van der Waals surface area contributed by atoms with Crippen LogP contribution in [0.3, 0.4) is 0 Å². The zero-order chi connectivity index (χ0) is 28.9. The van der Waals surface area contributed by atoms with Gasteiger partial charge in [-0.15, -0.1) is 0 Å². The molecule has 216 valence electrons. The Balaban J connectivity index is 1.35. The summed E-state index contributed by atoms with van der Waals surface area (Å²) in [6, 6.07) is 14.5. The summed E-state index contributed by atoms with van der Waals surface area (Å²) in [6.45, 7) is 13.3. The summed E-state index contributed by atoms with van der Waals surface area (Å²) in [5.74, 6) is 0.808. The first-order chi connectivity index (χ1) is 18.7. The molecule has 2 atom stereocenters. The van der Waals surface area contributed by atoms with E-state index in [4.69, 9.17) is 9.16 Å². The van der Waals surface area contributed by atoms with Crippen molar-refractivity contribution in [3.05, 3.63) is 58.7 Å². The van der Waals surface area contributed by atoms with Crippen LogP contribution in [0.5, 0.6) is 5.75 Å². The molecule has 0 saturated carbocycles. The Bertz CT molecular complexity index is 1420. The lowest BCUT2D eigenvalue weighted by atomic mass is 9.80. The molecule has 9 heteroatoms. The Kier molecular flexibility index (Phi) is 7.62. The molecule has 1 fully saturated rings. The number of benzene rings is 2. The quantitative estimate of drug-likeness (QED) is 0.425. The smallest absolute Gasteiger partial charge is 0.229 e. The predicted octanol–water partition coefficient (Wildman–Crippen LogP) is 6.17. The van der Waals surface area contributed by atoms with E-state index >= 15 is 0 Å². The van der Waals surface area contributed by atoms with Gasteiger partial charge in [0.2, 0.25) is 10.0 Å². The summed E-state index contributed by atoms with van der Waals surface area (Å²) >= 11 is 0. The van der Waals surface area contributed by atoms with Crippen LogP contribution in [0.2, 0.25) is 18.1 Å². The molecule has 2 aromatic rings. The molecular formula is C31H43N3O4SSi. The summed E-state index contributed by atoms with van der Waals surface area (Å²) in [5, 5.41) is 9.30. The number of nitrogens with one attached hydrogen (secondary N) is 1. The van der Waals surface area contributed by atoms with Crippen molar-refractivity contribution in [2.45, 2.75) is 95.2 Å². The number of ether oxygens (including phenoxy) is 1. The second-order valence-electron chi connectivity index (χ2n) is 13.5. The van der Waals surface area contributed by atoms with E-state index in [1.807, 2.05) is 18.2 Å². The first-order valence-electron chi connectivity index (χ1n) is 14.4. The Morgan fingerprint density at radius 2 is 1.85 bits per heavy atom. The zero-order valence-electron chi connectivity index (χ0n) is 24.7. The van der Waals surface area contributed by atoms with E-state index in [0.29, 0.717) is 11.7 Å². The molecule has 0 amide bonds. The molecule has 3 aliphatic rings. The Labute approximate surface area is 241 Å². The normalized spacial score (nSPS) is 23.0. The second-order valence-corrected chi connectivity index (χ2v) is 20.0. The van der Waals surface area contributed by atoms with Crippen molar-refractivity contribution in [1.82, 2.24) is 4.90 Å². The number of hydrogen-bond donors (Lipinski definition) is 1. The molecule has 40 heavy (non-hydrogen) atoms. The highest BCUT2D eigenvalue weighted by molar-refractivity contribution is 7.92. The van der Waals surface area contributed by atoms with Gasteiger partial charge in [0.15, 0.2) is 8.32 Å². The minimum Gasteiger partial charge on any atom is -0.487 e. The van der Waals surface area contributed by atoms with Crippen LogP contribution in [0.4, 0.5) is 5.69 Å². The summed E-state index contributed by atoms with van der Waals surface area (Å²) in [5.41, 5.74) is 4.63. The van der Waals surface area contributed by atoms with Gasteiger partial charge in [0.25, 0.3) is 0 Å². The van der Waals surface area contributed by atoms with E-state index in [1.165, 1.54) is 17.4 Å². The largest absolute Gasteiger partial charge is 0.487 e. The highest BCUT2D eigenvalue weighted by Gasteiger charge is 2.48. The van der Waals surface area contributed by atoms with Crippen LogP contribution in [-0.2, 0) is 27.3 Å². The molecule has 1 N–H and O–H groups in total. The lowest BCUT2D eigenvalue weighted by Crippen LogP contribution is -2.54. The SMILES string of the molecule is CC(C)(C)[Si](C)(C)O[C@@H]1CC2(CCN([C@@H]3CCc4cc(C#N)ccc4C3)CC2)Oc2ccc(NS(C)(=O)=O)cc21. The molecule has 5 rings (SSSR count). The predicted molar refractivity (Wildman–Crippen MR) is 162 cm³/mol. The molecular weight excluding hydrogens is 539 g/mol. The topological polar surface area (TPSA) is 91.7 Å². The standard InChI is InChI=1S/C31H43N3O4SSi/c1-30(2,3)40(5,6)38-29-20-31(37-28-12-10-25(19-27(28)29)33-39(4,35)36)13-15-34(16-14-31)26-11-9-23-17-22(21-32)7-8-24(23)18-26/h7-8,10,12,17,19,26,29,33H,9,11,13-16,18,20H2,1-6H3/t26-,29-/m1/s1. The third-order valence-electron chi connectivity index (χ3n) is 9.55. The highest BCUT2D eigenvalue weighted by Crippen LogP contribution is 2.50. The Morgan fingerprint density at radius 3 is 2.50 bits per heavy atom. The van der Waals surface area contributed by atoms with Crippen LogP contribution >= 0.6 is 0 Å². The number of piperidine rings is 1. The average Bonchev–Trinajstić information content (AvgIpc) is 2.87. The molecule has 0 bridgehead atoms. The van der Waals surface area contributed by atoms with E-state index in [1.54, 1.807) is 6.07 Å². The third-order valence-corrected chi connectivity index (χ3v) is 14.6. The van der Waals surface area contributed by atoms with Crippen LogP contribution in [0, 0.1) is 11.3 Å². The van der Waals surface area contributed by atoms with Crippen molar-refractivity contribution in [3.8, 4) is 11.8 Å². The van der Waals surface area contributed by atoms with Gasteiger partial charge in [-0.2, -0.15) is 5.26 Å². The van der Waals surface area contributed by atoms with Crippen LogP contribution in [0.15, 0.2) is 36.4 Å². The maximum atomic E-state index is 11.9. The lowest BCUT2D eigenvalue weighted by Gasteiger charge is -2.50. The number of anilines is 1. The Morgan fingerprint density at radius 1 is 1.12 bits per heavy atom. The van der Waals surface area contributed by atoms with Gasteiger partial charge in [0.05, 0.1) is 24.0 Å². The van der Waals surface area contributed by atoms with E-state index in [9.17, 15) is 13.7 Å². The number of nitriles is 1. The maximum Gasteiger partial charge on any atom is 0.229 e. The van der Waals surface area contributed by atoms with Crippen molar-refractivity contribution in [3.63, 3.8) is 0 Å². The number of aryl methyl sites for hydroxylation is 1. The van der Waals surface area contributed by atoms with E-state index in [-0.39, 0.29) is 16.7 Å². The molecule has 0 radical (unpaired) electrons. The van der Waals surface area contributed by atoms with Gasteiger partial charge in [-0.05, 0) is 91.7 Å². The number of hydrogen-bond acceptors (Lipinski definition) is 6. The summed E-state index contributed by atoms with van der Waals surface area (Å²) < 4.78 is 40.3. The zero-order valence-corrected chi connectivity index (χ0v) is 26.5. The molecule has 0 aromatic heterocycles. The van der Waals surface area contributed by atoms with Gasteiger partial charge in [-0.3, -0.25) is 9.62 Å². The average molecular weight is 582 g/mol. The van der Waals surface area contributed by atoms with Gasteiger partial charge in [-0.25, -0.2) is 8.42 Å². The number of likely N-dealkylation sites (tertiary alicyclic amines) is 1. The number of sulfonamides is 1. The molecule has 1 spiro atoms. The molecule has 2 aliphatic heterocycles. The number of fused-ring (bicyclic) bond motifs is 2. The van der Waals surface area contributed by atoms with Crippen LogP contribution < -0.4 is 9.46 Å². The summed E-state index contributed by atoms with van der Waals surface area (Å²) in [6.07, 6.45) is 6.84. The number of rotatable bonds is 5. The number of nitrogens with zero attached hydrogens (tertiary/aromatic N) is 2. The van der Waals surface area contributed by atoms with E-state index in [0.717, 1.165) is 68.5 Å². The minimum atomic E-state index is -3.39. The fourth-order valence-electron chi connectivity index (χ4n) is 6.25. The maximum absolute atomic E-state index is 11.9. The van der Waals surface area contributed by atoms with Crippen molar-refractivity contribution in [2.24, 2.45) is 0 Å². The van der Waals surface area contributed by atoms with Crippen LogP contribution in [-0.4, -0.2) is 52.6 Å². The minimum absolute atomic E-state index is 0.0515. The van der Waals surface area contributed by atoms with Crippen molar-refractivity contribution in [1.29, 1.82) is 5.26 Å². The van der Waals surface area contributed by atoms with E-state index < -0.39 is 18.3 Å². The monoisotopic (exact) mass is 581 g/mol. The third kappa shape index (κ3) is 6.10. The molecule has 0 unspecified atom stereocenters. The van der Waals surface area contributed by atoms with Gasteiger partial charge in [0, 0.05) is 36.8 Å². The van der Waals surface area contributed by atoms with Gasteiger partial charge in [-0.1, -0.05) is 26.8 Å². The molecule has 7 nitrogen and oxygen atoms in total. The van der Waals surface area contributed by atoms with Crippen LogP contribution in [0.25, 0.3) is 0 Å². The van der Waals surface area contributed by atoms with E-state index in [2.05, 4.69) is 61.7 Å². The fourth-order valence-corrected chi connectivity index (χ4v) is 8.08. The first kappa shape index (κ1) is 29.1. The summed E-state index contributed by atoms with van der Waals surface area (Å²) in [7, 11) is -5.50. The lowest BCUT2D eigenvalue weighted by molar-refractivity contribution is -0.0579. The van der Waals surface area contributed by atoms with Gasteiger partial charge in [0.1, 0.15) is 11.4 Å². The van der Waals surface area contributed by atoms with Crippen molar-refractivity contribution in [2.75, 3.05) is 24.1 Å². The molecule has 1 saturated heterocycles. The second kappa shape index (κ2) is 10.5. The fraction of sp³-hybridized carbons (Fsp3) is 0.581. The summed E-state index contributed by atoms with van der Waals surface area (Å²) in [4.78, 5) is 2.63. The highest BCUT2D eigenvalue weighted by atomic mass is 32.2. The van der Waals surface area contributed by atoms with Crippen molar-refractivity contribution >= 4 is 24.0 Å². The Hall–Kier alpha value is -2.38.